The van der Waals surface area contributed by atoms with Gasteiger partial charge in [0.1, 0.15) is 0 Å². The maximum absolute atomic E-state index is 2.42. The van der Waals surface area contributed by atoms with Gasteiger partial charge in [0.2, 0.25) is 0 Å². The third-order valence-electron chi connectivity index (χ3n) is 21.5. The molecule has 0 radical (unpaired) electrons. The lowest BCUT2D eigenvalue weighted by Crippen LogP contribution is -2.10. The molecule has 0 amide bonds. The molecule has 0 bridgehead atoms. The number of hydrogen-bond donors (Lipinski definition) is 0. The Morgan fingerprint density at radius 3 is 0.750 bits per heavy atom. The average molecular weight is 1450 g/mol. The Morgan fingerprint density at radius 2 is 0.389 bits per heavy atom. The van der Waals surface area contributed by atoms with Crippen molar-refractivity contribution in [3.8, 4) is 55.6 Å². The van der Waals surface area contributed by atoms with E-state index < -0.39 is 0 Å². The second kappa shape index (κ2) is 26.7. The van der Waals surface area contributed by atoms with Gasteiger partial charge in [0.15, 0.2) is 0 Å². The Hall–Kier alpha value is -12.8. The maximum Gasteiger partial charge on any atom is 0.0546 e. The Bertz CT molecular complexity index is 6910. The lowest BCUT2D eigenvalue weighted by Gasteiger charge is -2.28. The second-order valence-electron chi connectivity index (χ2n) is 27.9. The van der Waals surface area contributed by atoms with E-state index in [-0.39, 0.29) is 0 Å². The molecular weight excluding hydrogens is 1380 g/mol. The normalized spacial score (nSPS) is 11.7. The van der Waals surface area contributed by atoms with E-state index in [1.165, 1.54) is 169 Å². The van der Waals surface area contributed by atoms with Crippen LogP contribution < -0.4 is 9.80 Å². The van der Waals surface area contributed by atoms with Crippen molar-refractivity contribution >= 4 is 192 Å². The molecule has 0 unspecified atom stereocenters. The molecular formula is C102H64N2S4. The number of rotatable bonds is 11. The van der Waals surface area contributed by atoms with Crippen LogP contribution in [0, 0.1) is 0 Å². The standard InChI is InChI=1S/C52H33NS2.C50H31NS2/c1-2-8-38-31-39(14-13-34(38)7-1)35-15-23-42(24-16-35)53(43-25-17-36(18-26-43)40-21-29-51-47(32-40)45-9-3-5-11-49(45)54-51)44-27-19-37(20-28-44)41-22-30-52-48(33-41)46-10-4-6-12-50(46)55-52;1-2-10-39-36(9-1)31-46(41-12-4-3-11-40(39)41)51(37-23-17-32(18-24-37)34-21-27-49-44(29-34)42-13-5-7-15-47(42)52-49)38-25-19-33(20-26-38)35-22-28-50-45(30-35)43-14-6-8-16-48(43)53-50/h1-33H;1-31H. The Labute approximate surface area is 641 Å². The minimum Gasteiger partial charge on any atom is -0.311 e. The molecule has 0 N–H and O–H groups in total. The number of benzene rings is 18. The van der Waals surface area contributed by atoms with E-state index in [4.69, 9.17) is 0 Å². The average Bonchev–Trinajstić information content (AvgIpc) is 1.27. The van der Waals surface area contributed by atoms with Crippen molar-refractivity contribution in [2.24, 2.45) is 0 Å². The molecule has 4 heterocycles. The van der Waals surface area contributed by atoms with Gasteiger partial charge in [-0.05, 0) is 228 Å². The van der Waals surface area contributed by atoms with Crippen molar-refractivity contribution in [1.29, 1.82) is 0 Å². The van der Waals surface area contributed by atoms with Crippen molar-refractivity contribution in [2.75, 3.05) is 9.80 Å². The van der Waals surface area contributed by atoms with Crippen LogP contribution in [-0.4, -0.2) is 0 Å². The fraction of sp³-hybridized carbons (Fsp3) is 0. The van der Waals surface area contributed by atoms with Gasteiger partial charge < -0.3 is 9.80 Å². The summed E-state index contributed by atoms with van der Waals surface area (Å²) in [7, 11) is 0. The van der Waals surface area contributed by atoms with Crippen LogP contribution in [0.15, 0.2) is 388 Å². The maximum atomic E-state index is 2.42. The number of thiophene rings is 4. The van der Waals surface area contributed by atoms with Crippen molar-refractivity contribution in [1.82, 2.24) is 0 Å². The van der Waals surface area contributed by atoms with E-state index in [0.29, 0.717) is 0 Å². The highest BCUT2D eigenvalue weighted by Crippen LogP contribution is 2.47. The molecule has 0 aliphatic heterocycles. The number of anilines is 6. The zero-order chi connectivity index (χ0) is 71.2. The summed E-state index contributed by atoms with van der Waals surface area (Å²) in [6, 6.07) is 143. The largest absolute Gasteiger partial charge is 0.311 e. The number of fused-ring (bicyclic) bond motifs is 16. The predicted molar refractivity (Wildman–Crippen MR) is 474 cm³/mol. The molecule has 506 valence electrons. The molecule has 22 aromatic rings. The summed E-state index contributed by atoms with van der Waals surface area (Å²) < 4.78 is 10.6. The molecule has 2 nitrogen and oxygen atoms in total. The predicted octanol–water partition coefficient (Wildman–Crippen LogP) is 31.6. The van der Waals surface area contributed by atoms with Gasteiger partial charge in [-0.15, -0.1) is 45.3 Å². The van der Waals surface area contributed by atoms with Crippen LogP contribution in [0.1, 0.15) is 0 Å². The molecule has 18 aromatic carbocycles. The molecule has 0 spiro atoms. The SMILES string of the molecule is c1ccc2c(c1)cc(N(c1ccc(-c3ccc4sc5ccccc5c4c3)cc1)c1ccc(-c3ccc4sc5ccccc5c4c3)cc1)c1ccccc12.c1ccc2cc(-c3ccc(N(c4ccc(-c5ccc6sc7ccccc7c6c5)cc4)c4ccc(-c5ccc6sc7ccccc7c6c5)cc4)cc3)ccc2c1. The van der Waals surface area contributed by atoms with Crippen molar-refractivity contribution in [3.63, 3.8) is 0 Å². The van der Waals surface area contributed by atoms with Gasteiger partial charge in [0.25, 0.3) is 0 Å². The van der Waals surface area contributed by atoms with E-state index in [1.54, 1.807) is 0 Å². The molecule has 0 aliphatic rings. The number of nitrogens with zero attached hydrogens (tertiary/aromatic N) is 2. The van der Waals surface area contributed by atoms with Crippen LogP contribution >= 0.6 is 45.3 Å². The summed E-state index contributed by atoms with van der Waals surface area (Å²) in [6.45, 7) is 0. The summed E-state index contributed by atoms with van der Waals surface area (Å²) in [5, 5.41) is 18.1. The van der Waals surface area contributed by atoms with Crippen molar-refractivity contribution in [2.45, 2.75) is 0 Å². The minimum atomic E-state index is 1.11. The first-order valence-electron chi connectivity index (χ1n) is 36.6. The third kappa shape index (κ3) is 11.4. The van der Waals surface area contributed by atoms with Crippen LogP contribution in [0.3, 0.4) is 0 Å². The molecule has 0 atom stereocenters. The van der Waals surface area contributed by atoms with E-state index >= 15 is 0 Å². The first-order chi connectivity index (χ1) is 53.5. The minimum absolute atomic E-state index is 1.11. The fourth-order valence-corrected chi connectivity index (χ4v) is 20.4. The Kier molecular flexibility index (Phi) is 15.7. The van der Waals surface area contributed by atoms with Gasteiger partial charge >= 0.3 is 0 Å². The van der Waals surface area contributed by atoms with Gasteiger partial charge in [-0.3, -0.25) is 0 Å². The zero-order valence-corrected chi connectivity index (χ0v) is 61.7. The summed E-state index contributed by atoms with van der Waals surface area (Å²) in [5.41, 5.74) is 18.9. The van der Waals surface area contributed by atoms with Crippen LogP contribution in [0.5, 0.6) is 0 Å². The molecule has 6 heteroatoms. The van der Waals surface area contributed by atoms with E-state index in [1.807, 2.05) is 45.3 Å². The summed E-state index contributed by atoms with van der Waals surface area (Å²) in [4.78, 5) is 4.79. The monoisotopic (exact) mass is 1440 g/mol. The van der Waals surface area contributed by atoms with Crippen LogP contribution in [0.4, 0.5) is 34.1 Å². The molecule has 0 saturated heterocycles. The smallest absolute Gasteiger partial charge is 0.0546 e. The van der Waals surface area contributed by atoms with Crippen LogP contribution in [0.25, 0.3) is 169 Å². The van der Waals surface area contributed by atoms with E-state index in [9.17, 15) is 0 Å². The van der Waals surface area contributed by atoms with E-state index in [0.717, 1.165) is 34.1 Å². The highest BCUT2D eigenvalue weighted by Gasteiger charge is 2.21. The highest BCUT2D eigenvalue weighted by molar-refractivity contribution is 7.27. The second-order valence-corrected chi connectivity index (χ2v) is 32.2. The molecule has 22 rings (SSSR count). The first-order valence-corrected chi connectivity index (χ1v) is 39.9. The highest BCUT2D eigenvalue weighted by atomic mass is 32.1. The molecule has 0 saturated carbocycles. The molecule has 0 aliphatic carbocycles. The van der Waals surface area contributed by atoms with Crippen LogP contribution in [0.2, 0.25) is 0 Å². The molecule has 4 aromatic heterocycles. The van der Waals surface area contributed by atoms with Crippen molar-refractivity contribution < 1.29 is 0 Å². The first kappa shape index (κ1) is 63.7. The molecule has 0 fully saturated rings. The fourth-order valence-electron chi connectivity index (χ4n) is 16.1. The number of hydrogen-bond acceptors (Lipinski definition) is 6. The van der Waals surface area contributed by atoms with Crippen molar-refractivity contribution in [3.05, 3.63) is 388 Å². The Balaban J connectivity index is 0.000000138. The Morgan fingerprint density at radius 1 is 0.139 bits per heavy atom. The summed E-state index contributed by atoms with van der Waals surface area (Å²) >= 11 is 7.45. The summed E-state index contributed by atoms with van der Waals surface area (Å²) in [5.74, 6) is 0. The van der Waals surface area contributed by atoms with Gasteiger partial charge in [-0.1, -0.05) is 243 Å². The van der Waals surface area contributed by atoms with Crippen LogP contribution in [-0.2, 0) is 0 Å². The quantitative estimate of drug-likeness (QED) is 0.119. The lowest BCUT2D eigenvalue weighted by atomic mass is 9.98. The summed E-state index contributed by atoms with van der Waals surface area (Å²) in [6.07, 6.45) is 0. The van der Waals surface area contributed by atoms with E-state index in [2.05, 4.69) is 398 Å². The van der Waals surface area contributed by atoms with Gasteiger partial charge in [0, 0.05) is 115 Å². The zero-order valence-electron chi connectivity index (χ0n) is 58.5. The van der Waals surface area contributed by atoms with Gasteiger partial charge in [0.05, 0.1) is 5.69 Å². The third-order valence-corrected chi connectivity index (χ3v) is 26.1. The topological polar surface area (TPSA) is 6.48 Å². The molecule has 108 heavy (non-hydrogen) atoms. The van der Waals surface area contributed by atoms with Gasteiger partial charge in [-0.25, -0.2) is 0 Å². The van der Waals surface area contributed by atoms with Gasteiger partial charge in [-0.2, -0.15) is 0 Å². The lowest BCUT2D eigenvalue weighted by molar-refractivity contribution is 1.28.